The molecule has 11 heavy (non-hydrogen) atoms. The average molecular weight is 177 g/mol. The lowest BCUT2D eigenvalue weighted by Crippen LogP contribution is -2.47. The zero-order chi connectivity index (χ0) is 8.91. The molecule has 0 aromatic carbocycles. The van der Waals surface area contributed by atoms with Gasteiger partial charge in [0.25, 0.3) is 0 Å². The van der Waals surface area contributed by atoms with Gasteiger partial charge in [0.1, 0.15) is 5.54 Å². The summed E-state index contributed by atoms with van der Waals surface area (Å²) in [6.45, 7) is 1.70. The minimum atomic E-state index is -0.783. The van der Waals surface area contributed by atoms with Gasteiger partial charge in [0, 0.05) is 0 Å². The van der Waals surface area contributed by atoms with E-state index in [1.54, 1.807) is 25.7 Å². The van der Waals surface area contributed by atoms with Crippen LogP contribution in [0, 0.1) is 0 Å². The second kappa shape index (κ2) is 4.62. The van der Waals surface area contributed by atoms with Gasteiger partial charge in [-0.2, -0.15) is 11.8 Å². The van der Waals surface area contributed by atoms with Gasteiger partial charge >= 0.3 is 5.97 Å². The topological polar surface area (TPSA) is 49.3 Å². The molecule has 0 aliphatic rings. The lowest BCUT2D eigenvalue weighted by atomic mass is 10.00. The molecule has 0 radical (unpaired) electrons. The number of rotatable bonds is 5. The van der Waals surface area contributed by atoms with Gasteiger partial charge in [-0.05, 0) is 32.4 Å². The third-order valence-electron chi connectivity index (χ3n) is 1.83. The Labute approximate surface area is 71.6 Å². The molecule has 66 valence electrons. The van der Waals surface area contributed by atoms with Crippen LogP contribution >= 0.6 is 11.8 Å². The number of hydrogen-bond donors (Lipinski definition) is 2. The first-order valence-corrected chi connectivity index (χ1v) is 4.87. The van der Waals surface area contributed by atoms with E-state index in [0.29, 0.717) is 6.42 Å². The molecule has 0 aromatic heterocycles. The second-order valence-electron chi connectivity index (χ2n) is 2.63. The van der Waals surface area contributed by atoms with E-state index in [1.165, 1.54) is 0 Å². The molecule has 0 amide bonds. The molecule has 3 nitrogen and oxygen atoms in total. The maximum Gasteiger partial charge on any atom is 0.323 e. The standard InChI is InChI=1S/C7H15NO2S/c1-7(8-2,6(9)10)4-5-11-3/h8H,4-5H2,1-3H3,(H,9,10). The fraction of sp³-hybridized carbons (Fsp3) is 0.857. The molecule has 4 heteroatoms. The normalized spacial score (nSPS) is 15.9. The number of aliphatic carboxylic acids is 1. The van der Waals surface area contributed by atoms with Crippen LogP contribution in [-0.2, 0) is 4.79 Å². The van der Waals surface area contributed by atoms with Crippen molar-refractivity contribution in [1.82, 2.24) is 5.32 Å². The first-order valence-electron chi connectivity index (χ1n) is 3.48. The highest BCUT2D eigenvalue weighted by atomic mass is 32.2. The van der Waals surface area contributed by atoms with Crippen molar-refractivity contribution < 1.29 is 9.90 Å². The van der Waals surface area contributed by atoms with Gasteiger partial charge in [-0.3, -0.25) is 4.79 Å². The summed E-state index contributed by atoms with van der Waals surface area (Å²) in [7, 11) is 1.68. The van der Waals surface area contributed by atoms with Crippen molar-refractivity contribution in [3.8, 4) is 0 Å². The quantitative estimate of drug-likeness (QED) is 0.652. The van der Waals surface area contributed by atoms with Crippen LogP contribution in [0.25, 0.3) is 0 Å². The van der Waals surface area contributed by atoms with Gasteiger partial charge in [-0.1, -0.05) is 0 Å². The highest BCUT2D eigenvalue weighted by molar-refractivity contribution is 7.98. The Morgan fingerprint density at radius 2 is 2.27 bits per heavy atom. The number of hydrogen-bond acceptors (Lipinski definition) is 3. The number of carboxylic acid groups (broad SMARTS) is 1. The Kier molecular flexibility index (Phi) is 4.52. The monoisotopic (exact) mass is 177 g/mol. The van der Waals surface area contributed by atoms with Crippen LogP contribution in [0.4, 0.5) is 0 Å². The lowest BCUT2D eigenvalue weighted by molar-refractivity contribution is -0.144. The first-order chi connectivity index (χ1) is 5.06. The smallest absolute Gasteiger partial charge is 0.323 e. The highest BCUT2D eigenvalue weighted by Crippen LogP contribution is 2.12. The van der Waals surface area contributed by atoms with Crippen LogP contribution in [0.5, 0.6) is 0 Å². The summed E-state index contributed by atoms with van der Waals surface area (Å²) in [5.41, 5.74) is -0.761. The van der Waals surface area contributed by atoms with Crippen LogP contribution in [0.1, 0.15) is 13.3 Å². The Morgan fingerprint density at radius 1 is 1.73 bits per heavy atom. The Hall–Kier alpha value is -0.220. The Balaban J connectivity index is 3.99. The summed E-state index contributed by atoms with van der Waals surface area (Å²) in [6.07, 6.45) is 2.62. The summed E-state index contributed by atoms with van der Waals surface area (Å²) >= 11 is 1.66. The van der Waals surface area contributed by atoms with Crippen LogP contribution < -0.4 is 5.32 Å². The van der Waals surface area contributed by atoms with E-state index < -0.39 is 11.5 Å². The van der Waals surface area contributed by atoms with Crippen molar-refractivity contribution in [2.45, 2.75) is 18.9 Å². The molecule has 2 N–H and O–H groups in total. The molecule has 0 rings (SSSR count). The predicted molar refractivity (Wildman–Crippen MR) is 48.1 cm³/mol. The molecule has 0 heterocycles. The van der Waals surface area contributed by atoms with Gasteiger partial charge in [0.2, 0.25) is 0 Å². The Bertz CT molecular complexity index is 140. The van der Waals surface area contributed by atoms with Crippen LogP contribution in [0.15, 0.2) is 0 Å². The Morgan fingerprint density at radius 3 is 2.55 bits per heavy atom. The van der Waals surface area contributed by atoms with Crippen molar-refractivity contribution in [1.29, 1.82) is 0 Å². The van der Waals surface area contributed by atoms with Crippen molar-refractivity contribution in [3.05, 3.63) is 0 Å². The summed E-state index contributed by atoms with van der Waals surface area (Å²) in [5.74, 6) is 0.0814. The minimum absolute atomic E-state index is 0.653. The summed E-state index contributed by atoms with van der Waals surface area (Å²) in [5, 5.41) is 11.6. The molecule has 0 saturated heterocycles. The summed E-state index contributed by atoms with van der Waals surface area (Å²) < 4.78 is 0. The molecule has 0 aliphatic heterocycles. The molecule has 0 spiro atoms. The van der Waals surface area contributed by atoms with E-state index in [0.717, 1.165) is 5.75 Å². The minimum Gasteiger partial charge on any atom is -0.480 e. The number of carbonyl (C=O) groups is 1. The predicted octanol–water partition coefficient (Wildman–Crippen LogP) is 0.802. The van der Waals surface area contributed by atoms with Crippen LogP contribution in [0.3, 0.4) is 0 Å². The molecule has 0 aromatic rings. The van der Waals surface area contributed by atoms with E-state index in [2.05, 4.69) is 5.32 Å². The van der Waals surface area contributed by atoms with E-state index in [9.17, 15) is 4.79 Å². The second-order valence-corrected chi connectivity index (χ2v) is 3.62. The van der Waals surface area contributed by atoms with Gasteiger partial charge in [-0.25, -0.2) is 0 Å². The van der Waals surface area contributed by atoms with Crippen molar-refractivity contribution in [2.24, 2.45) is 0 Å². The summed E-state index contributed by atoms with van der Waals surface area (Å²) in [4.78, 5) is 10.7. The van der Waals surface area contributed by atoms with Crippen LogP contribution in [-0.4, -0.2) is 35.7 Å². The van der Waals surface area contributed by atoms with Crippen molar-refractivity contribution >= 4 is 17.7 Å². The van der Waals surface area contributed by atoms with E-state index in [-0.39, 0.29) is 0 Å². The molecule has 0 aliphatic carbocycles. The SMILES string of the molecule is CNC(C)(CCSC)C(=O)O. The first kappa shape index (κ1) is 10.8. The number of carboxylic acids is 1. The highest BCUT2D eigenvalue weighted by Gasteiger charge is 2.29. The van der Waals surface area contributed by atoms with Gasteiger partial charge in [0.05, 0.1) is 0 Å². The molecular weight excluding hydrogens is 162 g/mol. The molecule has 1 unspecified atom stereocenters. The largest absolute Gasteiger partial charge is 0.480 e. The summed E-state index contributed by atoms with van der Waals surface area (Å²) in [6, 6.07) is 0. The zero-order valence-electron chi connectivity index (χ0n) is 7.18. The van der Waals surface area contributed by atoms with Gasteiger partial charge in [-0.15, -0.1) is 0 Å². The third-order valence-corrected chi connectivity index (χ3v) is 2.44. The van der Waals surface area contributed by atoms with E-state index in [1.807, 2.05) is 6.26 Å². The van der Waals surface area contributed by atoms with Crippen LogP contribution in [0.2, 0.25) is 0 Å². The van der Waals surface area contributed by atoms with E-state index >= 15 is 0 Å². The third kappa shape index (κ3) is 3.12. The molecule has 0 bridgehead atoms. The average Bonchev–Trinajstić information content (AvgIpc) is 2.00. The number of thioether (sulfide) groups is 1. The number of nitrogens with one attached hydrogen (secondary N) is 1. The van der Waals surface area contributed by atoms with Gasteiger partial charge in [0.15, 0.2) is 0 Å². The lowest BCUT2D eigenvalue weighted by Gasteiger charge is -2.23. The fourth-order valence-corrected chi connectivity index (χ4v) is 1.26. The molecule has 1 atom stereocenters. The fourth-order valence-electron chi connectivity index (χ4n) is 0.645. The zero-order valence-corrected chi connectivity index (χ0v) is 7.99. The number of likely N-dealkylation sites (N-methyl/N-ethyl adjacent to an activating group) is 1. The maximum atomic E-state index is 10.7. The molecule has 0 fully saturated rings. The van der Waals surface area contributed by atoms with Crippen molar-refractivity contribution in [2.75, 3.05) is 19.1 Å². The van der Waals surface area contributed by atoms with Crippen molar-refractivity contribution in [3.63, 3.8) is 0 Å². The molecular formula is C7H15NO2S. The van der Waals surface area contributed by atoms with Gasteiger partial charge < -0.3 is 10.4 Å². The van der Waals surface area contributed by atoms with E-state index in [4.69, 9.17) is 5.11 Å². The molecule has 0 saturated carbocycles. The maximum absolute atomic E-state index is 10.7.